The summed E-state index contributed by atoms with van der Waals surface area (Å²) in [5.41, 5.74) is 5.48. The maximum Gasteiger partial charge on any atom is 0.495 e. The van der Waals surface area contributed by atoms with Gasteiger partial charge in [-0.05, 0) is 45.3 Å². The van der Waals surface area contributed by atoms with E-state index in [1.165, 1.54) is 7.11 Å². The summed E-state index contributed by atoms with van der Waals surface area (Å²) in [5.74, 6) is 0.0349. The lowest BCUT2D eigenvalue weighted by molar-refractivity contribution is 0.00578. The van der Waals surface area contributed by atoms with Gasteiger partial charge in [0.2, 0.25) is 5.91 Å². The molecule has 1 fully saturated rings. The van der Waals surface area contributed by atoms with E-state index in [0.717, 1.165) is 0 Å². The molecule has 1 saturated heterocycles. The second-order valence-corrected chi connectivity index (χ2v) is 5.91. The summed E-state index contributed by atoms with van der Waals surface area (Å²) in [6.07, 6.45) is 0. The maximum atomic E-state index is 11.6. The minimum Gasteiger partial charge on any atom is -0.497 e. The number of rotatable bonds is 3. The summed E-state index contributed by atoms with van der Waals surface area (Å²) in [4.78, 5) is 11.6. The number of ether oxygens (including phenoxy) is 1. The van der Waals surface area contributed by atoms with Crippen LogP contribution in [-0.2, 0) is 9.31 Å². The van der Waals surface area contributed by atoms with Crippen molar-refractivity contribution in [1.82, 2.24) is 0 Å². The third-order valence-corrected chi connectivity index (χ3v) is 4.03. The second-order valence-electron chi connectivity index (χ2n) is 5.91. The highest BCUT2D eigenvalue weighted by atomic mass is 16.7. The molecule has 5 nitrogen and oxygen atoms in total. The molecule has 0 aliphatic carbocycles. The van der Waals surface area contributed by atoms with Crippen LogP contribution in [0.3, 0.4) is 0 Å². The van der Waals surface area contributed by atoms with Crippen LogP contribution in [0.4, 0.5) is 0 Å². The molecule has 0 bridgehead atoms. The van der Waals surface area contributed by atoms with Crippen molar-refractivity contribution in [2.75, 3.05) is 7.11 Å². The van der Waals surface area contributed by atoms with Crippen LogP contribution in [0.25, 0.3) is 0 Å². The van der Waals surface area contributed by atoms with Crippen molar-refractivity contribution in [2.24, 2.45) is 5.73 Å². The highest BCUT2D eigenvalue weighted by molar-refractivity contribution is 6.63. The number of methoxy groups -OCH3 is 1. The minimum atomic E-state index is -0.617. The maximum absolute atomic E-state index is 11.6. The van der Waals surface area contributed by atoms with E-state index in [0.29, 0.717) is 16.8 Å². The first-order valence-corrected chi connectivity index (χ1v) is 6.51. The lowest BCUT2D eigenvalue weighted by Gasteiger charge is -2.32. The molecule has 1 aliphatic rings. The van der Waals surface area contributed by atoms with Gasteiger partial charge in [-0.25, -0.2) is 0 Å². The molecule has 0 radical (unpaired) electrons. The molecule has 2 N–H and O–H groups in total. The first-order valence-electron chi connectivity index (χ1n) is 6.51. The number of carbonyl (C=O) groups is 1. The fourth-order valence-corrected chi connectivity index (χ4v) is 2.05. The topological polar surface area (TPSA) is 70.8 Å². The average molecular weight is 277 g/mol. The van der Waals surface area contributed by atoms with Gasteiger partial charge in [0.05, 0.1) is 18.3 Å². The molecule has 1 aliphatic heterocycles. The monoisotopic (exact) mass is 277 g/mol. The lowest BCUT2D eigenvalue weighted by Crippen LogP contribution is -2.41. The number of hydrogen-bond acceptors (Lipinski definition) is 4. The third-order valence-electron chi connectivity index (χ3n) is 4.03. The van der Waals surface area contributed by atoms with E-state index in [4.69, 9.17) is 19.8 Å². The predicted molar refractivity (Wildman–Crippen MR) is 77.2 cm³/mol. The molecule has 1 aromatic carbocycles. The molecule has 0 spiro atoms. The number of benzene rings is 1. The minimum absolute atomic E-state index is 0.350. The Bertz CT molecular complexity index is 526. The first-order chi connectivity index (χ1) is 9.18. The van der Waals surface area contributed by atoms with Gasteiger partial charge in [0.1, 0.15) is 5.75 Å². The Morgan fingerprint density at radius 3 is 2.20 bits per heavy atom. The molecule has 108 valence electrons. The van der Waals surface area contributed by atoms with Gasteiger partial charge in [-0.3, -0.25) is 4.79 Å². The van der Waals surface area contributed by atoms with Crippen LogP contribution in [0, 0.1) is 0 Å². The van der Waals surface area contributed by atoms with E-state index in [1.54, 1.807) is 18.2 Å². The Labute approximate surface area is 119 Å². The van der Waals surface area contributed by atoms with Gasteiger partial charge >= 0.3 is 7.12 Å². The van der Waals surface area contributed by atoms with E-state index in [2.05, 4.69) is 0 Å². The zero-order chi connectivity index (χ0) is 15.1. The molecule has 6 heteroatoms. The largest absolute Gasteiger partial charge is 0.497 e. The molecule has 1 heterocycles. The summed E-state index contributed by atoms with van der Waals surface area (Å²) < 4.78 is 17.0. The quantitative estimate of drug-likeness (QED) is 0.840. The first kappa shape index (κ1) is 14.9. The molecular formula is C14H20BNO4. The summed E-state index contributed by atoms with van der Waals surface area (Å²) in [5, 5.41) is 0. The normalized spacial score (nSPS) is 19.9. The number of amides is 1. The molecular weight excluding hydrogens is 257 g/mol. The molecule has 0 atom stereocenters. The molecule has 0 unspecified atom stereocenters. The van der Waals surface area contributed by atoms with E-state index < -0.39 is 24.2 Å². The fraction of sp³-hybridized carbons (Fsp3) is 0.500. The molecule has 2 rings (SSSR count). The highest BCUT2D eigenvalue weighted by Crippen LogP contribution is 2.36. The van der Waals surface area contributed by atoms with Gasteiger partial charge in [-0.1, -0.05) is 6.07 Å². The Morgan fingerprint density at radius 1 is 1.20 bits per heavy atom. The Balaban J connectivity index is 2.42. The second kappa shape index (κ2) is 4.79. The van der Waals surface area contributed by atoms with Crippen LogP contribution in [0.2, 0.25) is 0 Å². The van der Waals surface area contributed by atoms with Crippen molar-refractivity contribution >= 4 is 18.5 Å². The van der Waals surface area contributed by atoms with Crippen molar-refractivity contribution in [3.05, 3.63) is 23.8 Å². The highest BCUT2D eigenvalue weighted by Gasteiger charge is 2.52. The zero-order valence-corrected chi connectivity index (χ0v) is 12.5. The Morgan fingerprint density at radius 2 is 1.75 bits per heavy atom. The molecule has 0 aromatic heterocycles. The van der Waals surface area contributed by atoms with Gasteiger partial charge in [-0.15, -0.1) is 0 Å². The Kier molecular flexibility index (Phi) is 3.56. The van der Waals surface area contributed by atoms with Crippen molar-refractivity contribution in [1.29, 1.82) is 0 Å². The molecule has 20 heavy (non-hydrogen) atoms. The van der Waals surface area contributed by atoms with Gasteiger partial charge in [0, 0.05) is 5.56 Å². The summed E-state index contributed by atoms with van der Waals surface area (Å²) in [7, 11) is 0.919. The third kappa shape index (κ3) is 2.41. The molecule has 1 aromatic rings. The van der Waals surface area contributed by atoms with E-state index >= 15 is 0 Å². The van der Waals surface area contributed by atoms with Gasteiger partial charge in [0.25, 0.3) is 0 Å². The van der Waals surface area contributed by atoms with E-state index in [-0.39, 0.29) is 0 Å². The van der Waals surface area contributed by atoms with Crippen LogP contribution >= 0.6 is 0 Å². The van der Waals surface area contributed by atoms with Crippen molar-refractivity contribution in [3.63, 3.8) is 0 Å². The van der Waals surface area contributed by atoms with Crippen molar-refractivity contribution in [2.45, 2.75) is 38.9 Å². The van der Waals surface area contributed by atoms with Gasteiger partial charge in [-0.2, -0.15) is 0 Å². The zero-order valence-electron chi connectivity index (χ0n) is 12.5. The predicted octanol–water partition coefficient (Wildman–Crippen LogP) is 1.09. The smallest absolute Gasteiger partial charge is 0.495 e. The number of hydrogen-bond donors (Lipinski definition) is 1. The fourth-order valence-electron chi connectivity index (χ4n) is 2.05. The summed E-state index contributed by atoms with van der Waals surface area (Å²) in [6, 6.07) is 5.11. The SMILES string of the molecule is COc1ccc(B2OC(C)(C)C(C)(C)O2)c(C(N)=O)c1. The van der Waals surface area contributed by atoms with Crippen molar-refractivity contribution < 1.29 is 18.8 Å². The average Bonchev–Trinajstić information content (AvgIpc) is 2.57. The Hall–Kier alpha value is -1.53. The van der Waals surface area contributed by atoms with Crippen LogP contribution < -0.4 is 15.9 Å². The van der Waals surface area contributed by atoms with E-state index in [1.807, 2.05) is 27.7 Å². The molecule has 0 saturated carbocycles. The van der Waals surface area contributed by atoms with Crippen LogP contribution in [0.1, 0.15) is 38.1 Å². The van der Waals surface area contributed by atoms with Crippen LogP contribution in [-0.4, -0.2) is 31.3 Å². The number of nitrogens with two attached hydrogens (primary N) is 1. The lowest BCUT2D eigenvalue weighted by atomic mass is 9.75. The van der Waals surface area contributed by atoms with E-state index in [9.17, 15) is 4.79 Å². The number of primary amides is 1. The number of carbonyl (C=O) groups excluding carboxylic acids is 1. The van der Waals surface area contributed by atoms with Gasteiger partial charge in [0.15, 0.2) is 0 Å². The molecule has 1 amide bonds. The summed E-state index contributed by atoms with van der Waals surface area (Å²) in [6.45, 7) is 7.84. The van der Waals surface area contributed by atoms with Crippen molar-refractivity contribution in [3.8, 4) is 5.75 Å². The summed E-state index contributed by atoms with van der Waals surface area (Å²) >= 11 is 0. The van der Waals surface area contributed by atoms with Gasteiger partial charge < -0.3 is 19.8 Å². The standard InChI is InChI=1S/C14H20BNO4/c1-13(2)14(3,4)20-15(19-13)11-7-6-9(18-5)8-10(11)12(16)17/h6-8H,1-5H3,(H2,16,17). The van der Waals surface area contributed by atoms with Crippen LogP contribution in [0.15, 0.2) is 18.2 Å². The van der Waals surface area contributed by atoms with Crippen LogP contribution in [0.5, 0.6) is 5.75 Å².